The van der Waals surface area contributed by atoms with Crippen molar-refractivity contribution in [1.82, 2.24) is 0 Å². The van der Waals surface area contributed by atoms with Gasteiger partial charge in [-0.15, -0.1) is 0 Å². The van der Waals surface area contributed by atoms with Gasteiger partial charge >= 0.3 is 0 Å². The molecule has 152 valence electrons. The van der Waals surface area contributed by atoms with Crippen molar-refractivity contribution in [3.63, 3.8) is 0 Å². The topological polar surface area (TPSA) is 80.1 Å². The van der Waals surface area contributed by atoms with Crippen LogP contribution >= 0.6 is 11.6 Å². The molecule has 0 aliphatic rings. The third-order valence-corrected chi connectivity index (χ3v) is 3.91. The second kappa shape index (κ2) is 11.1. The Morgan fingerprint density at radius 1 is 1.17 bits per heavy atom. The molecule has 0 aromatic heterocycles. The lowest BCUT2D eigenvalue weighted by atomic mass is 10.2. The van der Waals surface area contributed by atoms with E-state index in [1.165, 1.54) is 31.3 Å². The Bertz CT molecular complexity index is 927. The first-order valence-corrected chi connectivity index (χ1v) is 9.21. The molecule has 0 bridgehead atoms. The van der Waals surface area contributed by atoms with Crippen molar-refractivity contribution in [3.8, 4) is 5.75 Å². The van der Waals surface area contributed by atoms with Gasteiger partial charge in [0.25, 0.3) is 5.91 Å². The van der Waals surface area contributed by atoms with Gasteiger partial charge in [0.15, 0.2) is 6.61 Å². The summed E-state index contributed by atoms with van der Waals surface area (Å²) in [6.45, 7) is 3.33. The predicted molar refractivity (Wildman–Crippen MR) is 113 cm³/mol. The summed E-state index contributed by atoms with van der Waals surface area (Å²) < 4.78 is 18.3. The number of rotatable bonds is 8. The molecule has 0 unspecified atom stereocenters. The highest BCUT2D eigenvalue weighted by molar-refractivity contribution is 6.31. The van der Waals surface area contributed by atoms with E-state index in [0.29, 0.717) is 29.4 Å². The summed E-state index contributed by atoms with van der Waals surface area (Å²) in [5.74, 6) is -0.716. The molecule has 8 heteroatoms. The number of carbonyl (C=O) groups is 2. The van der Waals surface area contributed by atoms with E-state index < -0.39 is 5.91 Å². The predicted octanol–water partition coefficient (Wildman–Crippen LogP) is 4.46. The number of halogens is 2. The van der Waals surface area contributed by atoms with Crippen molar-refractivity contribution in [3.05, 3.63) is 58.9 Å². The minimum atomic E-state index is -0.472. The van der Waals surface area contributed by atoms with E-state index in [1.54, 1.807) is 24.3 Å². The van der Waals surface area contributed by atoms with Crippen LogP contribution in [0.25, 0.3) is 0 Å². The van der Waals surface area contributed by atoms with Gasteiger partial charge in [0.1, 0.15) is 11.6 Å². The average molecular weight is 418 g/mol. The number of aliphatic imine (C=N–C) groups is 2. The SMILES string of the molecule is CC(=O)Nc1cc(Cl)ccc1OCC(=O)N=CCC(C)=NCc1ccc(F)cc1. The van der Waals surface area contributed by atoms with E-state index in [9.17, 15) is 14.0 Å². The number of anilines is 1. The summed E-state index contributed by atoms with van der Waals surface area (Å²) in [7, 11) is 0. The quantitative estimate of drug-likeness (QED) is 0.643. The number of benzene rings is 2. The number of nitrogens with zero attached hydrogens (tertiary/aromatic N) is 2. The molecule has 0 saturated carbocycles. The summed E-state index contributed by atoms with van der Waals surface area (Å²) in [6, 6.07) is 10.8. The third-order valence-electron chi connectivity index (χ3n) is 3.67. The Kier molecular flexibility index (Phi) is 8.48. The maximum absolute atomic E-state index is 12.9. The van der Waals surface area contributed by atoms with Gasteiger partial charge in [-0.1, -0.05) is 23.7 Å². The summed E-state index contributed by atoms with van der Waals surface area (Å²) in [5, 5.41) is 3.02. The van der Waals surface area contributed by atoms with Crippen LogP contribution in [0.4, 0.5) is 10.1 Å². The maximum Gasteiger partial charge on any atom is 0.283 e. The van der Waals surface area contributed by atoms with Gasteiger partial charge in [-0.25, -0.2) is 9.38 Å². The van der Waals surface area contributed by atoms with Crippen LogP contribution in [0.5, 0.6) is 5.75 Å². The molecule has 29 heavy (non-hydrogen) atoms. The molecular formula is C21H21ClFN3O3. The summed E-state index contributed by atoms with van der Waals surface area (Å²) in [5.41, 5.74) is 2.06. The molecule has 2 rings (SSSR count). The molecule has 0 fully saturated rings. The molecule has 1 N–H and O–H groups in total. The van der Waals surface area contributed by atoms with Crippen molar-refractivity contribution >= 4 is 41.0 Å². The number of hydrogen-bond acceptors (Lipinski definition) is 4. The summed E-state index contributed by atoms with van der Waals surface area (Å²) in [4.78, 5) is 31.3. The fourth-order valence-electron chi connectivity index (χ4n) is 2.25. The highest BCUT2D eigenvalue weighted by Crippen LogP contribution is 2.28. The summed E-state index contributed by atoms with van der Waals surface area (Å²) >= 11 is 5.91. The molecule has 2 aromatic rings. The molecule has 0 saturated heterocycles. The van der Waals surface area contributed by atoms with Crippen LogP contribution in [0.3, 0.4) is 0 Å². The van der Waals surface area contributed by atoms with Crippen LogP contribution in [-0.2, 0) is 16.1 Å². The maximum atomic E-state index is 12.9. The Morgan fingerprint density at radius 3 is 2.59 bits per heavy atom. The number of carbonyl (C=O) groups excluding carboxylic acids is 2. The highest BCUT2D eigenvalue weighted by Gasteiger charge is 2.08. The van der Waals surface area contributed by atoms with Crippen molar-refractivity contribution < 1.29 is 18.7 Å². The normalized spacial score (nSPS) is 11.5. The first-order chi connectivity index (χ1) is 13.8. The average Bonchev–Trinajstić information content (AvgIpc) is 2.66. The first-order valence-electron chi connectivity index (χ1n) is 8.83. The van der Waals surface area contributed by atoms with Crippen LogP contribution < -0.4 is 10.1 Å². The number of ether oxygens (including phenoxy) is 1. The van der Waals surface area contributed by atoms with Gasteiger partial charge in [-0.05, 0) is 42.8 Å². The van der Waals surface area contributed by atoms with Gasteiger partial charge < -0.3 is 10.1 Å². The monoisotopic (exact) mass is 417 g/mol. The molecule has 0 spiro atoms. The third kappa shape index (κ3) is 8.23. The van der Waals surface area contributed by atoms with Gasteiger partial charge in [0.2, 0.25) is 5.91 Å². The standard InChI is InChI=1S/C21H21ClFN3O3/c1-14(25-12-16-3-6-18(23)7-4-16)9-10-24-21(28)13-29-20-8-5-17(22)11-19(20)26-15(2)27/h3-8,10-11H,9,12-13H2,1-2H3,(H,26,27). The van der Waals surface area contributed by atoms with E-state index in [0.717, 1.165) is 11.3 Å². The van der Waals surface area contributed by atoms with Crippen molar-refractivity contribution in [2.45, 2.75) is 26.8 Å². The summed E-state index contributed by atoms with van der Waals surface area (Å²) in [6.07, 6.45) is 1.87. The molecule has 0 heterocycles. The number of amides is 2. The van der Waals surface area contributed by atoms with Crippen LogP contribution in [0.15, 0.2) is 52.4 Å². The Hall–Kier alpha value is -3.06. The lowest BCUT2D eigenvalue weighted by Crippen LogP contribution is -2.12. The lowest BCUT2D eigenvalue weighted by Gasteiger charge is -2.10. The van der Waals surface area contributed by atoms with Gasteiger partial charge in [0.05, 0.1) is 12.2 Å². The zero-order valence-electron chi connectivity index (χ0n) is 16.1. The Balaban J connectivity index is 1.83. The second-order valence-electron chi connectivity index (χ2n) is 6.20. The van der Waals surface area contributed by atoms with Crippen LogP contribution in [0, 0.1) is 5.82 Å². The molecule has 0 aliphatic heterocycles. The van der Waals surface area contributed by atoms with Gasteiger partial charge in [0, 0.05) is 30.3 Å². The minimum absolute atomic E-state index is 0.281. The van der Waals surface area contributed by atoms with Gasteiger partial charge in [-0.3, -0.25) is 14.6 Å². The fraction of sp³-hybridized carbons (Fsp3) is 0.238. The smallest absolute Gasteiger partial charge is 0.283 e. The molecule has 0 radical (unpaired) electrons. The largest absolute Gasteiger partial charge is 0.482 e. The Labute approximate surface area is 173 Å². The second-order valence-corrected chi connectivity index (χ2v) is 6.63. The number of nitrogens with one attached hydrogen (secondary N) is 1. The molecule has 0 atom stereocenters. The van der Waals surface area contributed by atoms with Crippen molar-refractivity contribution in [2.75, 3.05) is 11.9 Å². The van der Waals surface area contributed by atoms with E-state index in [-0.39, 0.29) is 18.3 Å². The lowest BCUT2D eigenvalue weighted by molar-refractivity contribution is -0.119. The first kappa shape index (κ1) is 22.2. The van der Waals surface area contributed by atoms with Crippen molar-refractivity contribution in [1.29, 1.82) is 0 Å². The zero-order valence-corrected chi connectivity index (χ0v) is 16.9. The van der Waals surface area contributed by atoms with Gasteiger partial charge in [-0.2, -0.15) is 0 Å². The van der Waals surface area contributed by atoms with Crippen molar-refractivity contribution in [2.24, 2.45) is 9.98 Å². The van der Waals surface area contributed by atoms with E-state index in [1.807, 2.05) is 6.92 Å². The van der Waals surface area contributed by atoms with Crippen LogP contribution in [0.2, 0.25) is 5.02 Å². The number of hydrogen-bond donors (Lipinski definition) is 1. The van der Waals surface area contributed by atoms with E-state index in [4.69, 9.17) is 16.3 Å². The minimum Gasteiger partial charge on any atom is -0.482 e. The molecule has 2 amide bonds. The highest BCUT2D eigenvalue weighted by atomic mass is 35.5. The van der Waals surface area contributed by atoms with Crippen LogP contribution in [-0.4, -0.2) is 30.3 Å². The van der Waals surface area contributed by atoms with E-state index >= 15 is 0 Å². The molecule has 2 aromatic carbocycles. The molecule has 0 aliphatic carbocycles. The zero-order chi connectivity index (χ0) is 21.2. The Morgan fingerprint density at radius 2 is 1.90 bits per heavy atom. The molecular weight excluding hydrogens is 397 g/mol. The fourth-order valence-corrected chi connectivity index (χ4v) is 2.42. The van der Waals surface area contributed by atoms with Crippen LogP contribution in [0.1, 0.15) is 25.8 Å². The molecule has 6 nitrogen and oxygen atoms in total. The van der Waals surface area contributed by atoms with E-state index in [2.05, 4.69) is 15.3 Å².